The smallest absolute Gasteiger partial charge is 0.355 e. The Morgan fingerprint density at radius 3 is 2.62 bits per heavy atom. The molecule has 0 aliphatic rings. The molecule has 5 nitrogen and oxygen atoms in total. The van der Waals surface area contributed by atoms with Crippen molar-refractivity contribution in [1.82, 2.24) is 9.38 Å². The van der Waals surface area contributed by atoms with Gasteiger partial charge in [-0.15, -0.1) is 0 Å². The molecule has 0 aliphatic carbocycles. The van der Waals surface area contributed by atoms with Crippen molar-refractivity contribution in [2.45, 2.75) is 13.8 Å². The Hall–Kier alpha value is -3.08. The maximum atomic E-state index is 11.7. The Balaban J connectivity index is 2.05. The van der Waals surface area contributed by atoms with Gasteiger partial charge in [-0.3, -0.25) is 4.40 Å². The SMILES string of the molecule is C=C(C)COc1ccc(-c2nc3c(C)cccn3c2C(=O)O)cc1. The second-order valence-corrected chi connectivity index (χ2v) is 5.77. The van der Waals surface area contributed by atoms with Crippen molar-refractivity contribution in [3.63, 3.8) is 0 Å². The summed E-state index contributed by atoms with van der Waals surface area (Å²) in [5, 5.41) is 9.61. The maximum absolute atomic E-state index is 11.7. The van der Waals surface area contributed by atoms with Gasteiger partial charge in [-0.2, -0.15) is 0 Å². The molecule has 0 saturated heterocycles. The molecular formula is C19H18N2O3. The lowest BCUT2D eigenvalue weighted by Crippen LogP contribution is -2.03. The third-order valence-electron chi connectivity index (χ3n) is 3.66. The second kappa shape index (κ2) is 6.20. The number of aromatic carboxylic acids is 1. The largest absolute Gasteiger partial charge is 0.489 e. The fourth-order valence-electron chi connectivity index (χ4n) is 2.53. The van der Waals surface area contributed by atoms with Gasteiger partial charge in [-0.1, -0.05) is 12.6 Å². The third kappa shape index (κ3) is 2.88. The molecule has 1 aromatic carbocycles. The first-order valence-electron chi connectivity index (χ1n) is 7.56. The zero-order valence-corrected chi connectivity index (χ0v) is 13.6. The molecule has 24 heavy (non-hydrogen) atoms. The predicted molar refractivity (Wildman–Crippen MR) is 92.6 cm³/mol. The van der Waals surface area contributed by atoms with Gasteiger partial charge in [0.2, 0.25) is 0 Å². The van der Waals surface area contributed by atoms with E-state index in [0.29, 0.717) is 23.7 Å². The first-order valence-corrected chi connectivity index (χ1v) is 7.56. The number of pyridine rings is 1. The molecular weight excluding hydrogens is 304 g/mol. The van der Waals surface area contributed by atoms with Crippen LogP contribution in [-0.4, -0.2) is 27.1 Å². The summed E-state index contributed by atoms with van der Waals surface area (Å²) in [6.45, 7) is 8.05. The molecule has 0 bridgehead atoms. The Bertz CT molecular complexity index is 924. The predicted octanol–water partition coefficient (Wildman–Crippen LogP) is 3.96. The van der Waals surface area contributed by atoms with E-state index in [9.17, 15) is 9.90 Å². The second-order valence-electron chi connectivity index (χ2n) is 5.77. The van der Waals surface area contributed by atoms with E-state index in [4.69, 9.17) is 4.74 Å². The quantitative estimate of drug-likeness (QED) is 0.722. The zero-order chi connectivity index (χ0) is 17.3. The molecule has 0 aliphatic heterocycles. The first-order chi connectivity index (χ1) is 11.5. The van der Waals surface area contributed by atoms with Crippen molar-refractivity contribution in [1.29, 1.82) is 0 Å². The van der Waals surface area contributed by atoms with E-state index in [0.717, 1.165) is 16.7 Å². The zero-order valence-electron chi connectivity index (χ0n) is 13.6. The van der Waals surface area contributed by atoms with E-state index in [1.165, 1.54) is 0 Å². The fraction of sp³-hybridized carbons (Fsp3) is 0.158. The molecule has 3 aromatic rings. The average Bonchev–Trinajstić information content (AvgIpc) is 2.94. The number of benzene rings is 1. The van der Waals surface area contributed by atoms with Crippen molar-refractivity contribution in [2.75, 3.05) is 6.61 Å². The van der Waals surface area contributed by atoms with Crippen LogP contribution in [0.1, 0.15) is 23.0 Å². The van der Waals surface area contributed by atoms with Gasteiger partial charge in [0.1, 0.15) is 23.7 Å². The summed E-state index contributed by atoms with van der Waals surface area (Å²) in [6, 6.07) is 11.0. The summed E-state index contributed by atoms with van der Waals surface area (Å²) in [5.74, 6) is -0.302. The standard InChI is InChI=1S/C19H18N2O3/c1-12(2)11-24-15-8-6-14(7-9-15)16-17(19(22)23)21-10-4-5-13(3)18(21)20-16/h4-10H,1,11H2,2-3H3,(H,22,23). The monoisotopic (exact) mass is 322 g/mol. The van der Waals surface area contributed by atoms with E-state index in [-0.39, 0.29) is 5.69 Å². The van der Waals surface area contributed by atoms with Crippen molar-refractivity contribution < 1.29 is 14.6 Å². The van der Waals surface area contributed by atoms with Gasteiger partial charge in [-0.05, 0) is 55.3 Å². The Morgan fingerprint density at radius 2 is 2.00 bits per heavy atom. The molecule has 0 fully saturated rings. The molecule has 2 aromatic heterocycles. The van der Waals surface area contributed by atoms with E-state index in [1.54, 1.807) is 22.7 Å². The van der Waals surface area contributed by atoms with Crippen LogP contribution >= 0.6 is 0 Å². The third-order valence-corrected chi connectivity index (χ3v) is 3.66. The van der Waals surface area contributed by atoms with Crippen LogP contribution in [0.5, 0.6) is 5.75 Å². The van der Waals surface area contributed by atoms with Crippen molar-refractivity contribution in [3.05, 3.63) is 66.0 Å². The molecule has 1 N–H and O–H groups in total. The summed E-state index contributed by atoms with van der Waals surface area (Å²) in [7, 11) is 0. The molecule has 0 amide bonds. The Kier molecular flexibility index (Phi) is 4.08. The number of fused-ring (bicyclic) bond motifs is 1. The van der Waals surface area contributed by atoms with Gasteiger partial charge in [0, 0.05) is 11.8 Å². The van der Waals surface area contributed by atoms with Crippen LogP contribution in [0.15, 0.2) is 54.7 Å². The Morgan fingerprint density at radius 1 is 1.29 bits per heavy atom. The summed E-state index contributed by atoms with van der Waals surface area (Å²) in [4.78, 5) is 16.3. The van der Waals surface area contributed by atoms with Crippen LogP contribution < -0.4 is 4.74 Å². The highest BCUT2D eigenvalue weighted by Crippen LogP contribution is 2.27. The number of imidazole rings is 1. The van der Waals surface area contributed by atoms with Crippen molar-refractivity contribution in [3.8, 4) is 17.0 Å². The lowest BCUT2D eigenvalue weighted by molar-refractivity contribution is 0.0690. The van der Waals surface area contributed by atoms with Crippen LogP contribution in [0.3, 0.4) is 0 Å². The number of ether oxygens (including phenoxy) is 1. The minimum absolute atomic E-state index is 0.157. The van der Waals surface area contributed by atoms with Gasteiger partial charge in [0.25, 0.3) is 0 Å². The Labute approximate surface area is 139 Å². The minimum atomic E-state index is -1.01. The number of carboxylic acids is 1. The average molecular weight is 322 g/mol. The van der Waals surface area contributed by atoms with Gasteiger partial charge in [0.15, 0.2) is 5.69 Å². The highest BCUT2D eigenvalue weighted by Gasteiger charge is 2.20. The molecule has 2 heterocycles. The summed E-state index contributed by atoms with van der Waals surface area (Å²) >= 11 is 0. The van der Waals surface area contributed by atoms with Gasteiger partial charge in [0.05, 0.1) is 0 Å². The molecule has 0 atom stereocenters. The lowest BCUT2D eigenvalue weighted by atomic mass is 10.1. The summed E-state index contributed by atoms with van der Waals surface area (Å²) in [5.41, 5.74) is 3.84. The van der Waals surface area contributed by atoms with E-state index in [1.807, 2.05) is 38.1 Å². The number of carboxylic acid groups (broad SMARTS) is 1. The van der Waals surface area contributed by atoms with Crippen molar-refractivity contribution in [2.24, 2.45) is 0 Å². The molecule has 0 radical (unpaired) electrons. The van der Waals surface area contributed by atoms with E-state index < -0.39 is 5.97 Å². The molecule has 5 heteroatoms. The van der Waals surface area contributed by atoms with Crippen LogP contribution in [0.2, 0.25) is 0 Å². The molecule has 3 rings (SSSR count). The number of nitrogens with zero attached hydrogens (tertiary/aromatic N) is 2. The van der Waals surface area contributed by atoms with Crippen LogP contribution in [0, 0.1) is 6.92 Å². The number of rotatable bonds is 5. The van der Waals surface area contributed by atoms with Crippen LogP contribution in [0.4, 0.5) is 0 Å². The molecule has 0 saturated carbocycles. The van der Waals surface area contributed by atoms with Crippen LogP contribution in [-0.2, 0) is 0 Å². The lowest BCUT2D eigenvalue weighted by Gasteiger charge is -2.06. The topological polar surface area (TPSA) is 63.8 Å². The van der Waals surface area contributed by atoms with Crippen LogP contribution in [0.25, 0.3) is 16.9 Å². The summed E-state index contributed by atoms with van der Waals surface area (Å²) in [6.07, 6.45) is 1.71. The van der Waals surface area contributed by atoms with Gasteiger partial charge in [-0.25, -0.2) is 9.78 Å². The number of hydrogen-bond acceptors (Lipinski definition) is 3. The number of aromatic nitrogens is 2. The maximum Gasteiger partial charge on any atom is 0.355 e. The highest BCUT2D eigenvalue weighted by atomic mass is 16.5. The normalized spacial score (nSPS) is 10.8. The minimum Gasteiger partial charge on any atom is -0.489 e. The first kappa shape index (κ1) is 15.8. The van der Waals surface area contributed by atoms with E-state index >= 15 is 0 Å². The number of aryl methyl sites for hydroxylation is 1. The molecule has 0 unspecified atom stereocenters. The number of hydrogen-bond donors (Lipinski definition) is 1. The number of carbonyl (C=O) groups is 1. The highest BCUT2D eigenvalue weighted by molar-refractivity contribution is 5.95. The van der Waals surface area contributed by atoms with Crippen molar-refractivity contribution >= 4 is 11.6 Å². The summed E-state index contributed by atoms with van der Waals surface area (Å²) < 4.78 is 7.18. The fourth-order valence-corrected chi connectivity index (χ4v) is 2.53. The molecule has 0 spiro atoms. The van der Waals surface area contributed by atoms with E-state index in [2.05, 4.69) is 11.6 Å². The van der Waals surface area contributed by atoms with Gasteiger partial charge < -0.3 is 9.84 Å². The molecule has 122 valence electrons. The van der Waals surface area contributed by atoms with Gasteiger partial charge >= 0.3 is 5.97 Å².